The fourth-order valence-corrected chi connectivity index (χ4v) is 4.65. The van der Waals surface area contributed by atoms with E-state index in [1.165, 1.54) is 16.4 Å². The lowest BCUT2D eigenvalue weighted by molar-refractivity contribution is -0.121. The monoisotopic (exact) mass is 500 g/mol. The van der Waals surface area contributed by atoms with Gasteiger partial charge < -0.3 is 5.32 Å². The normalized spacial score (nSPS) is 11.5. The fraction of sp³-hybridized carbons (Fsp3) is 0.208. The minimum atomic E-state index is -3.86. The van der Waals surface area contributed by atoms with Gasteiger partial charge in [-0.2, -0.15) is 4.31 Å². The molecule has 1 amide bonds. The minimum Gasteiger partial charge on any atom is -0.351 e. The fourth-order valence-electron chi connectivity index (χ4n) is 3.00. The van der Waals surface area contributed by atoms with Crippen LogP contribution in [0.25, 0.3) is 0 Å². The molecule has 7 heteroatoms. The molecule has 0 heterocycles. The summed E-state index contributed by atoms with van der Waals surface area (Å²) in [6, 6.07) is 21.9. The standard InChI is InChI=1S/C24H25BrN2O3S/c1-18-3-7-20(8-4-18)15-26-24(28)17-27(16-21-9-5-19(2)6-10-21)31(29,30)23-13-11-22(25)12-14-23/h3-14H,15-17H2,1-2H3,(H,26,28). The summed E-state index contributed by atoms with van der Waals surface area (Å²) < 4.78 is 28.6. The Balaban J connectivity index is 1.79. The number of nitrogens with zero attached hydrogens (tertiary/aromatic N) is 1. The van der Waals surface area contributed by atoms with Gasteiger partial charge in [0.15, 0.2) is 0 Å². The Bertz CT molecular complexity index is 1130. The largest absolute Gasteiger partial charge is 0.351 e. The molecule has 1 N–H and O–H groups in total. The van der Waals surface area contributed by atoms with Crippen molar-refractivity contribution >= 4 is 31.9 Å². The first-order valence-electron chi connectivity index (χ1n) is 9.87. The highest BCUT2D eigenvalue weighted by molar-refractivity contribution is 9.10. The lowest BCUT2D eigenvalue weighted by Crippen LogP contribution is -2.40. The average Bonchev–Trinajstić information content (AvgIpc) is 2.74. The van der Waals surface area contributed by atoms with Gasteiger partial charge in [-0.3, -0.25) is 4.79 Å². The number of nitrogens with one attached hydrogen (secondary N) is 1. The maximum absolute atomic E-state index is 13.3. The second kappa shape index (κ2) is 10.2. The third-order valence-corrected chi connectivity index (χ3v) is 7.20. The van der Waals surface area contributed by atoms with Crippen LogP contribution in [0, 0.1) is 13.8 Å². The van der Waals surface area contributed by atoms with Crippen molar-refractivity contribution in [2.24, 2.45) is 0 Å². The van der Waals surface area contributed by atoms with Gasteiger partial charge >= 0.3 is 0 Å². The summed E-state index contributed by atoms with van der Waals surface area (Å²) in [5, 5.41) is 2.82. The number of hydrogen-bond acceptors (Lipinski definition) is 3. The van der Waals surface area contributed by atoms with Crippen LogP contribution in [-0.2, 0) is 27.9 Å². The van der Waals surface area contributed by atoms with Crippen molar-refractivity contribution < 1.29 is 13.2 Å². The molecule has 3 aromatic rings. The van der Waals surface area contributed by atoms with Crippen LogP contribution in [0.5, 0.6) is 0 Å². The number of amides is 1. The van der Waals surface area contributed by atoms with Crippen LogP contribution in [0.2, 0.25) is 0 Å². The number of aryl methyl sites for hydroxylation is 2. The quantitative estimate of drug-likeness (QED) is 0.492. The van der Waals surface area contributed by atoms with Crippen LogP contribution in [0.15, 0.2) is 82.2 Å². The van der Waals surface area contributed by atoms with E-state index >= 15 is 0 Å². The van der Waals surface area contributed by atoms with Crippen molar-refractivity contribution in [3.8, 4) is 0 Å². The predicted molar refractivity (Wildman–Crippen MR) is 126 cm³/mol. The van der Waals surface area contributed by atoms with E-state index < -0.39 is 10.0 Å². The summed E-state index contributed by atoms with van der Waals surface area (Å²) in [7, 11) is -3.86. The molecular formula is C24H25BrN2O3S. The first-order valence-corrected chi connectivity index (χ1v) is 12.1. The maximum Gasteiger partial charge on any atom is 0.243 e. The van der Waals surface area contributed by atoms with E-state index in [9.17, 15) is 13.2 Å². The van der Waals surface area contributed by atoms with Crippen molar-refractivity contribution in [3.05, 3.63) is 99.5 Å². The summed E-state index contributed by atoms with van der Waals surface area (Å²) in [4.78, 5) is 12.8. The number of sulfonamides is 1. The van der Waals surface area contributed by atoms with Gasteiger partial charge in [0.25, 0.3) is 0 Å². The number of carbonyl (C=O) groups is 1. The second-order valence-corrected chi connectivity index (χ2v) is 10.3. The van der Waals surface area contributed by atoms with E-state index in [1.54, 1.807) is 12.1 Å². The number of halogens is 1. The van der Waals surface area contributed by atoms with Crippen molar-refractivity contribution in [3.63, 3.8) is 0 Å². The Morgan fingerprint density at radius 2 is 1.35 bits per heavy atom. The molecule has 0 aliphatic rings. The molecule has 0 atom stereocenters. The Labute approximate surface area is 192 Å². The van der Waals surface area contributed by atoms with E-state index in [4.69, 9.17) is 0 Å². The molecule has 0 bridgehead atoms. The molecule has 0 aliphatic heterocycles. The molecule has 0 fully saturated rings. The molecular weight excluding hydrogens is 476 g/mol. The molecule has 0 radical (unpaired) electrons. The molecule has 5 nitrogen and oxygen atoms in total. The van der Waals surface area contributed by atoms with Crippen molar-refractivity contribution in [2.45, 2.75) is 31.8 Å². The molecule has 0 aromatic heterocycles. The second-order valence-electron chi connectivity index (χ2n) is 7.47. The van der Waals surface area contributed by atoms with Crippen LogP contribution < -0.4 is 5.32 Å². The van der Waals surface area contributed by atoms with E-state index in [-0.39, 0.29) is 23.9 Å². The van der Waals surface area contributed by atoms with Crippen molar-refractivity contribution in [2.75, 3.05) is 6.54 Å². The van der Waals surface area contributed by atoms with Gasteiger partial charge in [-0.05, 0) is 49.2 Å². The third-order valence-electron chi connectivity index (χ3n) is 4.86. The Kier molecular flexibility index (Phi) is 7.64. The smallest absolute Gasteiger partial charge is 0.243 e. The number of hydrogen-bond donors (Lipinski definition) is 1. The van der Waals surface area contributed by atoms with Crippen LogP contribution >= 0.6 is 15.9 Å². The van der Waals surface area contributed by atoms with E-state index in [0.29, 0.717) is 6.54 Å². The number of rotatable bonds is 8. The van der Waals surface area contributed by atoms with Gasteiger partial charge in [-0.1, -0.05) is 75.6 Å². The maximum atomic E-state index is 13.3. The summed E-state index contributed by atoms with van der Waals surface area (Å²) >= 11 is 3.32. The van der Waals surface area contributed by atoms with Crippen LogP contribution in [0.1, 0.15) is 22.3 Å². The van der Waals surface area contributed by atoms with E-state index in [1.807, 2.05) is 62.4 Å². The van der Waals surface area contributed by atoms with Gasteiger partial charge in [0.05, 0.1) is 11.4 Å². The zero-order valence-corrected chi connectivity index (χ0v) is 19.9. The molecule has 162 valence electrons. The summed E-state index contributed by atoms with van der Waals surface area (Å²) in [6.45, 7) is 4.15. The first-order chi connectivity index (χ1) is 14.7. The number of benzene rings is 3. The molecule has 0 spiro atoms. The zero-order valence-electron chi connectivity index (χ0n) is 17.5. The SMILES string of the molecule is Cc1ccc(CNC(=O)CN(Cc2ccc(C)cc2)S(=O)(=O)c2ccc(Br)cc2)cc1. The highest BCUT2D eigenvalue weighted by Gasteiger charge is 2.27. The average molecular weight is 501 g/mol. The first kappa shape index (κ1) is 23.2. The van der Waals surface area contributed by atoms with Gasteiger partial charge in [0, 0.05) is 17.6 Å². The summed E-state index contributed by atoms with van der Waals surface area (Å²) in [5.74, 6) is -0.353. The summed E-state index contributed by atoms with van der Waals surface area (Å²) in [5.41, 5.74) is 4.00. The molecule has 0 aliphatic carbocycles. The highest BCUT2D eigenvalue weighted by Crippen LogP contribution is 2.21. The van der Waals surface area contributed by atoms with Crippen LogP contribution in [-0.4, -0.2) is 25.2 Å². The lowest BCUT2D eigenvalue weighted by Gasteiger charge is -2.22. The van der Waals surface area contributed by atoms with Crippen LogP contribution in [0.3, 0.4) is 0 Å². The molecule has 3 aromatic carbocycles. The highest BCUT2D eigenvalue weighted by atomic mass is 79.9. The number of carbonyl (C=O) groups excluding carboxylic acids is 1. The molecule has 3 rings (SSSR count). The minimum absolute atomic E-state index is 0.108. The van der Waals surface area contributed by atoms with E-state index in [0.717, 1.165) is 26.7 Å². The van der Waals surface area contributed by atoms with Crippen molar-refractivity contribution in [1.82, 2.24) is 9.62 Å². The van der Waals surface area contributed by atoms with Gasteiger partial charge in [-0.25, -0.2) is 8.42 Å². The topological polar surface area (TPSA) is 66.5 Å². The predicted octanol–water partition coefficient (Wildman–Crippen LogP) is 4.57. The summed E-state index contributed by atoms with van der Waals surface area (Å²) in [6.07, 6.45) is 0. The van der Waals surface area contributed by atoms with Gasteiger partial charge in [-0.15, -0.1) is 0 Å². The van der Waals surface area contributed by atoms with Crippen LogP contribution in [0.4, 0.5) is 0 Å². The van der Waals surface area contributed by atoms with Gasteiger partial charge in [0.1, 0.15) is 0 Å². The molecule has 0 saturated carbocycles. The Morgan fingerprint density at radius 3 is 1.90 bits per heavy atom. The Morgan fingerprint density at radius 1 is 0.839 bits per heavy atom. The third kappa shape index (κ3) is 6.50. The molecule has 0 unspecified atom stereocenters. The zero-order chi connectivity index (χ0) is 22.4. The molecule has 31 heavy (non-hydrogen) atoms. The van der Waals surface area contributed by atoms with E-state index in [2.05, 4.69) is 21.2 Å². The molecule has 0 saturated heterocycles. The lowest BCUT2D eigenvalue weighted by atomic mass is 10.1. The van der Waals surface area contributed by atoms with Crippen molar-refractivity contribution in [1.29, 1.82) is 0 Å². The Hall–Kier alpha value is -2.48. The van der Waals surface area contributed by atoms with Gasteiger partial charge in [0.2, 0.25) is 15.9 Å².